The van der Waals surface area contributed by atoms with Gasteiger partial charge in [0, 0.05) is 68.4 Å². The van der Waals surface area contributed by atoms with E-state index in [1.165, 1.54) is 0 Å². The fourth-order valence-corrected chi connectivity index (χ4v) is 6.52. The number of hydrogen-bond acceptors (Lipinski definition) is 10. The fourth-order valence-electron chi connectivity index (χ4n) is 6.52. The number of nitrogens with zero attached hydrogens (tertiary/aromatic N) is 4. The van der Waals surface area contributed by atoms with E-state index in [0.29, 0.717) is 41.5 Å². The van der Waals surface area contributed by atoms with E-state index in [4.69, 9.17) is 24.2 Å². The van der Waals surface area contributed by atoms with E-state index in [9.17, 15) is 15.3 Å². The molecule has 0 amide bonds. The number of rotatable bonds is 17. The Balaban J connectivity index is 1.54. The van der Waals surface area contributed by atoms with E-state index in [1.807, 2.05) is 84.0 Å². The Hall–Kier alpha value is -4.28. The minimum Gasteiger partial charge on any atom is -0.504 e. The molecule has 1 aliphatic heterocycles. The first-order chi connectivity index (χ1) is 24.5. The average Bonchev–Trinajstić information content (AvgIpc) is 3.40. The molecule has 10 nitrogen and oxygen atoms in total. The highest BCUT2D eigenvalue weighted by atomic mass is 16.5. The summed E-state index contributed by atoms with van der Waals surface area (Å²) in [5, 5.41) is 33.1. The Labute approximate surface area is 310 Å². The Morgan fingerprint density at radius 3 is 1.37 bits per heavy atom. The minimum absolute atomic E-state index is 0.0531. The van der Waals surface area contributed by atoms with Crippen molar-refractivity contribution in [2.24, 2.45) is 20.8 Å². The number of phenolic OH excluding ortho intramolecular Hbond substituents is 3. The normalized spacial score (nSPS) is 16.3. The van der Waals surface area contributed by atoms with E-state index in [-0.39, 0.29) is 52.6 Å². The van der Waals surface area contributed by atoms with Gasteiger partial charge in [-0.3, -0.25) is 19.8 Å². The highest BCUT2D eigenvalue weighted by Crippen LogP contribution is 2.42. The Bertz CT molecular complexity index is 1590. The summed E-state index contributed by atoms with van der Waals surface area (Å²) in [6.07, 6.45) is 3.04. The molecule has 284 valence electrons. The van der Waals surface area contributed by atoms with Crippen molar-refractivity contribution in [2.75, 3.05) is 39.3 Å². The number of benzene rings is 3. The molecule has 0 saturated carbocycles. The third-order valence-corrected chi connectivity index (χ3v) is 8.58. The van der Waals surface area contributed by atoms with Crippen molar-refractivity contribution in [1.82, 2.24) is 9.80 Å². The van der Waals surface area contributed by atoms with Gasteiger partial charge in [-0.05, 0) is 82.7 Å². The van der Waals surface area contributed by atoms with Gasteiger partial charge < -0.3 is 29.5 Å². The van der Waals surface area contributed by atoms with Crippen LogP contribution in [-0.4, -0.2) is 95.1 Å². The Morgan fingerprint density at radius 2 is 0.981 bits per heavy atom. The SMILES string of the molecule is CC(C)Oc1cccc(C=NCC(C)(C)CN2CCN(CC(C)(C)CN=Cc3cccc(OC(C)C)c3O)C2c2cccc(OC(C)C)c2O)c1O. The van der Waals surface area contributed by atoms with E-state index >= 15 is 0 Å². The van der Waals surface area contributed by atoms with E-state index < -0.39 is 0 Å². The predicted octanol–water partition coefficient (Wildman–Crippen LogP) is 8.07. The number of aliphatic imine (C=N–C) groups is 2. The Morgan fingerprint density at radius 1 is 0.615 bits per heavy atom. The van der Waals surface area contributed by atoms with Gasteiger partial charge in [-0.15, -0.1) is 0 Å². The lowest BCUT2D eigenvalue weighted by molar-refractivity contribution is 0.0752. The molecule has 1 fully saturated rings. The smallest absolute Gasteiger partial charge is 0.166 e. The number of ether oxygens (including phenoxy) is 3. The summed E-state index contributed by atoms with van der Waals surface area (Å²) in [6.45, 7) is 24.5. The van der Waals surface area contributed by atoms with Crippen molar-refractivity contribution < 1.29 is 29.5 Å². The first-order valence-corrected chi connectivity index (χ1v) is 18.4. The predicted molar refractivity (Wildman–Crippen MR) is 210 cm³/mol. The summed E-state index contributed by atoms with van der Waals surface area (Å²) in [7, 11) is 0. The van der Waals surface area contributed by atoms with Crippen LogP contribution in [0.15, 0.2) is 64.6 Å². The van der Waals surface area contributed by atoms with Gasteiger partial charge in [0.15, 0.2) is 34.5 Å². The molecule has 1 saturated heterocycles. The molecular weight excluding hydrogens is 656 g/mol. The monoisotopic (exact) mass is 716 g/mol. The van der Waals surface area contributed by atoms with Gasteiger partial charge in [-0.1, -0.05) is 52.0 Å². The number of phenols is 3. The molecule has 10 heteroatoms. The maximum atomic E-state index is 11.6. The van der Waals surface area contributed by atoms with Gasteiger partial charge in [0.2, 0.25) is 0 Å². The summed E-state index contributed by atoms with van der Waals surface area (Å²) >= 11 is 0. The van der Waals surface area contributed by atoms with Crippen LogP contribution in [0.25, 0.3) is 0 Å². The largest absolute Gasteiger partial charge is 0.504 e. The number of para-hydroxylation sites is 3. The molecule has 1 heterocycles. The molecule has 3 aromatic carbocycles. The zero-order chi connectivity index (χ0) is 38.2. The molecule has 1 aliphatic rings. The van der Waals surface area contributed by atoms with Gasteiger partial charge in [0.25, 0.3) is 0 Å². The maximum Gasteiger partial charge on any atom is 0.166 e. The summed E-state index contributed by atoms with van der Waals surface area (Å²) in [5.74, 6) is 1.69. The van der Waals surface area contributed by atoms with Crippen molar-refractivity contribution >= 4 is 12.4 Å². The van der Waals surface area contributed by atoms with E-state index in [2.05, 4.69) is 37.5 Å². The summed E-state index contributed by atoms with van der Waals surface area (Å²) in [5.41, 5.74) is 1.56. The zero-order valence-corrected chi connectivity index (χ0v) is 32.8. The number of aromatic hydroxyl groups is 3. The van der Waals surface area contributed by atoms with Crippen molar-refractivity contribution in [1.29, 1.82) is 0 Å². The quantitative estimate of drug-likeness (QED) is 0.120. The van der Waals surface area contributed by atoms with Crippen molar-refractivity contribution in [3.63, 3.8) is 0 Å². The maximum absolute atomic E-state index is 11.6. The van der Waals surface area contributed by atoms with Gasteiger partial charge in [0.05, 0.1) is 24.5 Å². The van der Waals surface area contributed by atoms with Crippen LogP contribution in [0.3, 0.4) is 0 Å². The highest BCUT2D eigenvalue weighted by Gasteiger charge is 2.40. The molecule has 0 aromatic heterocycles. The minimum atomic E-state index is -0.232. The van der Waals surface area contributed by atoms with Gasteiger partial charge in [0.1, 0.15) is 0 Å². The topological polar surface area (TPSA) is 120 Å². The third-order valence-electron chi connectivity index (χ3n) is 8.58. The second-order valence-electron chi connectivity index (χ2n) is 16.2. The van der Waals surface area contributed by atoms with Gasteiger partial charge in [-0.25, -0.2) is 0 Å². The number of hydrogen-bond donors (Lipinski definition) is 3. The van der Waals surface area contributed by atoms with Gasteiger partial charge in [-0.2, -0.15) is 0 Å². The fraction of sp³-hybridized carbons (Fsp3) is 0.524. The van der Waals surface area contributed by atoms with Crippen molar-refractivity contribution in [3.05, 3.63) is 71.3 Å². The molecule has 0 bridgehead atoms. The molecule has 3 N–H and O–H groups in total. The lowest BCUT2D eigenvalue weighted by Gasteiger charge is -2.38. The van der Waals surface area contributed by atoms with Crippen LogP contribution in [0, 0.1) is 10.8 Å². The summed E-state index contributed by atoms with van der Waals surface area (Å²) < 4.78 is 17.5. The van der Waals surface area contributed by atoms with Crippen LogP contribution in [0.1, 0.15) is 92.1 Å². The van der Waals surface area contributed by atoms with Crippen LogP contribution in [0.5, 0.6) is 34.5 Å². The summed E-state index contributed by atoms with van der Waals surface area (Å²) in [6, 6.07) is 16.6. The van der Waals surface area contributed by atoms with E-state index in [1.54, 1.807) is 24.6 Å². The highest BCUT2D eigenvalue weighted by molar-refractivity contribution is 5.85. The average molecular weight is 717 g/mol. The zero-order valence-electron chi connectivity index (χ0n) is 32.8. The third kappa shape index (κ3) is 11.1. The van der Waals surface area contributed by atoms with E-state index in [0.717, 1.165) is 31.7 Å². The standard InChI is InChI=1S/C42H60N4O6/c1-28(2)50-34-17-11-14-31(37(34)47)22-43-24-41(7,8)26-45-20-21-46(40(45)33-16-13-19-36(39(33)49)52-30(5)6)27-42(9,10)25-44-23-32-15-12-18-35(38(32)48)51-29(3)4/h11-19,22-23,28-30,40,47-49H,20-21,24-27H2,1-10H3. The molecule has 0 atom stereocenters. The molecule has 0 unspecified atom stereocenters. The van der Waals surface area contributed by atoms with Crippen LogP contribution >= 0.6 is 0 Å². The lowest BCUT2D eigenvalue weighted by Crippen LogP contribution is -2.41. The lowest BCUT2D eigenvalue weighted by atomic mass is 9.91. The van der Waals surface area contributed by atoms with Crippen LogP contribution in [0.2, 0.25) is 0 Å². The molecule has 52 heavy (non-hydrogen) atoms. The first-order valence-electron chi connectivity index (χ1n) is 18.4. The van der Waals surface area contributed by atoms with Gasteiger partial charge >= 0.3 is 0 Å². The molecule has 4 rings (SSSR count). The van der Waals surface area contributed by atoms with Crippen LogP contribution in [0.4, 0.5) is 0 Å². The molecular formula is C42H60N4O6. The Kier molecular flexibility index (Phi) is 13.6. The second-order valence-corrected chi connectivity index (χ2v) is 16.2. The molecule has 0 radical (unpaired) electrons. The van der Waals surface area contributed by atoms with Crippen molar-refractivity contribution in [3.8, 4) is 34.5 Å². The summed E-state index contributed by atoms with van der Waals surface area (Å²) in [4.78, 5) is 14.4. The first kappa shape index (κ1) is 40.5. The van der Waals surface area contributed by atoms with Crippen LogP contribution < -0.4 is 14.2 Å². The van der Waals surface area contributed by atoms with Crippen LogP contribution in [-0.2, 0) is 0 Å². The molecule has 3 aromatic rings. The molecule has 0 aliphatic carbocycles. The second kappa shape index (κ2) is 17.5. The molecule has 0 spiro atoms. The van der Waals surface area contributed by atoms with Crippen molar-refractivity contribution in [2.45, 2.75) is 93.7 Å².